The van der Waals surface area contributed by atoms with Gasteiger partial charge < -0.3 is 0 Å². The van der Waals surface area contributed by atoms with Crippen molar-refractivity contribution in [3.63, 3.8) is 0 Å². The number of aromatic nitrogens is 3. The molecule has 2 aromatic heterocycles. The zero-order valence-corrected chi connectivity index (χ0v) is 16.2. The first kappa shape index (κ1) is 18.4. The van der Waals surface area contributed by atoms with E-state index in [4.69, 9.17) is 23.2 Å². The minimum absolute atomic E-state index is 0.136. The Balaban J connectivity index is 1.85. The van der Waals surface area contributed by atoms with Crippen LogP contribution in [-0.2, 0) is 6.54 Å². The highest BCUT2D eigenvalue weighted by atomic mass is 35.5. The molecule has 0 fully saturated rings. The van der Waals surface area contributed by atoms with Gasteiger partial charge in [0, 0.05) is 16.2 Å². The van der Waals surface area contributed by atoms with Gasteiger partial charge in [-0.1, -0.05) is 47.5 Å². The number of hydrogen-bond acceptors (Lipinski definition) is 3. The highest BCUT2D eigenvalue weighted by molar-refractivity contribution is 6.31. The Morgan fingerprint density at radius 3 is 2.46 bits per heavy atom. The van der Waals surface area contributed by atoms with Gasteiger partial charge >= 0.3 is 0 Å². The van der Waals surface area contributed by atoms with E-state index in [0.717, 1.165) is 11.3 Å². The molecule has 0 bridgehead atoms. The molecular formula is C22H15Cl2N3O. The SMILES string of the molecule is O=c1c2ccc(Cl)cc2nc(/C=C/c2ccc(Cl)cc2)n1Cc1ccccn1. The summed E-state index contributed by atoms with van der Waals surface area (Å²) in [5, 5.41) is 1.72. The number of rotatable bonds is 4. The molecule has 2 heterocycles. The maximum absolute atomic E-state index is 13.1. The minimum Gasteiger partial charge on any atom is -0.287 e. The van der Waals surface area contributed by atoms with Gasteiger partial charge in [0.15, 0.2) is 0 Å². The Kier molecular flexibility index (Phi) is 5.24. The lowest BCUT2D eigenvalue weighted by molar-refractivity contribution is 0.720. The molecule has 0 spiro atoms. The van der Waals surface area contributed by atoms with Crippen molar-refractivity contribution in [1.29, 1.82) is 0 Å². The van der Waals surface area contributed by atoms with E-state index in [1.54, 1.807) is 29.0 Å². The van der Waals surface area contributed by atoms with Gasteiger partial charge in [0.2, 0.25) is 0 Å². The zero-order valence-electron chi connectivity index (χ0n) is 14.7. The lowest BCUT2D eigenvalue weighted by Crippen LogP contribution is -2.24. The van der Waals surface area contributed by atoms with Crippen LogP contribution in [0.1, 0.15) is 17.1 Å². The molecule has 4 nitrogen and oxygen atoms in total. The van der Waals surface area contributed by atoms with E-state index < -0.39 is 0 Å². The Morgan fingerprint density at radius 1 is 0.929 bits per heavy atom. The van der Waals surface area contributed by atoms with Crippen LogP contribution in [0.25, 0.3) is 23.1 Å². The largest absolute Gasteiger partial charge is 0.287 e. The van der Waals surface area contributed by atoms with Crippen molar-refractivity contribution in [3.05, 3.63) is 104 Å². The summed E-state index contributed by atoms with van der Waals surface area (Å²) in [6.45, 7) is 0.325. The topological polar surface area (TPSA) is 47.8 Å². The van der Waals surface area contributed by atoms with E-state index >= 15 is 0 Å². The van der Waals surface area contributed by atoms with E-state index in [1.807, 2.05) is 54.6 Å². The fourth-order valence-electron chi connectivity index (χ4n) is 2.89. The van der Waals surface area contributed by atoms with Gasteiger partial charge in [0.25, 0.3) is 5.56 Å². The zero-order chi connectivity index (χ0) is 19.5. The fraction of sp³-hybridized carbons (Fsp3) is 0.0455. The van der Waals surface area contributed by atoms with E-state index in [9.17, 15) is 4.79 Å². The van der Waals surface area contributed by atoms with E-state index in [2.05, 4.69) is 9.97 Å². The Labute approximate surface area is 171 Å². The third-order valence-electron chi connectivity index (χ3n) is 4.29. The molecule has 0 saturated carbocycles. The summed E-state index contributed by atoms with van der Waals surface area (Å²) in [5.74, 6) is 0.528. The predicted octanol–water partition coefficient (Wildman–Crippen LogP) is 5.32. The molecule has 0 radical (unpaired) electrons. The predicted molar refractivity (Wildman–Crippen MR) is 115 cm³/mol. The molecule has 0 unspecified atom stereocenters. The first-order valence-electron chi connectivity index (χ1n) is 8.64. The van der Waals surface area contributed by atoms with Crippen molar-refractivity contribution in [2.45, 2.75) is 6.54 Å². The Morgan fingerprint density at radius 2 is 1.71 bits per heavy atom. The first-order valence-corrected chi connectivity index (χ1v) is 9.39. The summed E-state index contributed by atoms with van der Waals surface area (Å²) in [6, 6.07) is 18.1. The van der Waals surface area contributed by atoms with Crippen LogP contribution < -0.4 is 5.56 Å². The molecule has 6 heteroatoms. The first-order chi connectivity index (χ1) is 13.6. The molecule has 0 N–H and O–H groups in total. The van der Waals surface area contributed by atoms with Gasteiger partial charge in [-0.3, -0.25) is 14.3 Å². The second kappa shape index (κ2) is 7.97. The molecule has 4 rings (SSSR count). The number of hydrogen-bond donors (Lipinski definition) is 0. The maximum Gasteiger partial charge on any atom is 0.262 e. The molecular weight excluding hydrogens is 393 g/mol. The molecule has 28 heavy (non-hydrogen) atoms. The van der Waals surface area contributed by atoms with Crippen molar-refractivity contribution in [3.8, 4) is 0 Å². The smallest absolute Gasteiger partial charge is 0.262 e. The van der Waals surface area contributed by atoms with Crippen LogP contribution in [-0.4, -0.2) is 14.5 Å². The number of halogens is 2. The van der Waals surface area contributed by atoms with Gasteiger partial charge in [-0.2, -0.15) is 0 Å². The summed E-state index contributed by atoms with van der Waals surface area (Å²) >= 11 is 12.0. The van der Waals surface area contributed by atoms with Crippen molar-refractivity contribution >= 4 is 46.3 Å². The third kappa shape index (κ3) is 3.98. The van der Waals surface area contributed by atoms with Crippen LogP contribution in [0.15, 0.2) is 71.7 Å². The molecule has 0 amide bonds. The minimum atomic E-state index is -0.136. The maximum atomic E-state index is 13.1. The summed E-state index contributed by atoms with van der Waals surface area (Å²) in [7, 11) is 0. The van der Waals surface area contributed by atoms with E-state index in [-0.39, 0.29) is 5.56 Å². The molecule has 0 saturated heterocycles. The molecule has 4 aromatic rings. The third-order valence-corrected chi connectivity index (χ3v) is 4.78. The summed E-state index contributed by atoms with van der Waals surface area (Å²) in [6.07, 6.45) is 5.41. The lowest BCUT2D eigenvalue weighted by atomic mass is 10.2. The van der Waals surface area contributed by atoms with E-state index in [0.29, 0.717) is 33.3 Å². The summed E-state index contributed by atoms with van der Waals surface area (Å²) in [5.41, 5.74) is 2.16. The second-order valence-electron chi connectivity index (χ2n) is 6.23. The highest BCUT2D eigenvalue weighted by Gasteiger charge is 2.11. The van der Waals surface area contributed by atoms with Gasteiger partial charge in [-0.05, 0) is 54.1 Å². The van der Waals surface area contributed by atoms with Crippen LogP contribution in [0.4, 0.5) is 0 Å². The van der Waals surface area contributed by atoms with Gasteiger partial charge in [0.05, 0.1) is 23.1 Å². The number of nitrogens with zero attached hydrogens (tertiary/aromatic N) is 3. The monoisotopic (exact) mass is 407 g/mol. The fourth-order valence-corrected chi connectivity index (χ4v) is 3.18. The Bertz CT molecular complexity index is 1220. The van der Waals surface area contributed by atoms with Crippen LogP contribution in [0.3, 0.4) is 0 Å². The molecule has 138 valence electrons. The standard InChI is InChI=1S/C22H15Cl2N3O/c23-16-7-4-15(5-8-16)6-11-21-26-20-13-17(24)9-10-19(20)22(28)27(21)14-18-3-1-2-12-25-18/h1-13H,14H2/b11-6+. The normalized spacial score (nSPS) is 11.4. The number of pyridine rings is 1. The average Bonchev–Trinajstić information content (AvgIpc) is 2.70. The van der Waals surface area contributed by atoms with Crippen molar-refractivity contribution in [2.24, 2.45) is 0 Å². The number of fused-ring (bicyclic) bond motifs is 1. The van der Waals surface area contributed by atoms with Gasteiger partial charge in [-0.25, -0.2) is 4.98 Å². The second-order valence-corrected chi connectivity index (χ2v) is 7.10. The molecule has 0 aliphatic rings. The van der Waals surface area contributed by atoms with Gasteiger partial charge in [0.1, 0.15) is 5.82 Å². The van der Waals surface area contributed by atoms with Gasteiger partial charge in [-0.15, -0.1) is 0 Å². The van der Waals surface area contributed by atoms with Crippen LogP contribution in [0, 0.1) is 0 Å². The van der Waals surface area contributed by atoms with Crippen molar-refractivity contribution < 1.29 is 0 Å². The molecule has 0 aliphatic carbocycles. The summed E-state index contributed by atoms with van der Waals surface area (Å²) < 4.78 is 1.62. The highest BCUT2D eigenvalue weighted by Crippen LogP contribution is 2.17. The average molecular weight is 408 g/mol. The van der Waals surface area contributed by atoms with Crippen molar-refractivity contribution in [2.75, 3.05) is 0 Å². The number of benzene rings is 2. The summed E-state index contributed by atoms with van der Waals surface area (Å²) in [4.78, 5) is 22.1. The molecule has 0 atom stereocenters. The Hall–Kier alpha value is -2.95. The molecule has 0 aliphatic heterocycles. The lowest BCUT2D eigenvalue weighted by Gasteiger charge is -2.11. The van der Waals surface area contributed by atoms with E-state index in [1.165, 1.54) is 0 Å². The quantitative estimate of drug-likeness (QED) is 0.459. The molecule has 2 aromatic carbocycles. The van der Waals surface area contributed by atoms with Crippen molar-refractivity contribution in [1.82, 2.24) is 14.5 Å². The van der Waals surface area contributed by atoms with Crippen LogP contribution in [0.5, 0.6) is 0 Å². The van der Waals surface area contributed by atoms with Crippen LogP contribution in [0.2, 0.25) is 10.0 Å². The van der Waals surface area contributed by atoms with Crippen LogP contribution >= 0.6 is 23.2 Å².